The second-order valence-electron chi connectivity index (χ2n) is 3.95. The number of hydrogen-bond acceptors (Lipinski definition) is 4. The summed E-state index contributed by atoms with van der Waals surface area (Å²) >= 11 is 5.03. The maximum absolute atomic E-state index is 5.74. The molecule has 0 saturated heterocycles. The normalized spacial score (nSPS) is 10.0. The third kappa shape index (κ3) is 3.00. The Labute approximate surface area is 117 Å². The topological polar surface area (TPSA) is 57.4 Å². The average molecular weight is 274 g/mol. The minimum Gasteiger partial charge on any atom is -0.497 e. The molecular weight excluding hydrogens is 260 g/mol. The zero-order valence-electron chi connectivity index (χ0n) is 10.7. The molecule has 0 aliphatic carbocycles. The fourth-order valence-corrected chi connectivity index (χ4v) is 1.94. The number of methoxy groups -OCH3 is 1. The number of nitrogens with zero attached hydrogens (tertiary/aromatic N) is 1. The van der Waals surface area contributed by atoms with E-state index in [0.717, 1.165) is 5.56 Å². The Morgan fingerprint density at radius 3 is 2.68 bits per heavy atom. The molecule has 2 aromatic rings. The number of aromatic nitrogens is 1. The number of ether oxygens (including phenoxy) is 2. The van der Waals surface area contributed by atoms with Crippen molar-refractivity contribution in [1.29, 1.82) is 0 Å². The molecule has 0 bridgehead atoms. The SMILES string of the molecule is COc1cccc(Oc2nccc(C)c2C(N)=S)c1. The third-order valence-corrected chi connectivity index (χ3v) is 2.83. The van der Waals surface area contributed by atoms with E-state index in [9.17, 15) is 0 Å². The molecule has 0 amide bonds. The van der Waals surface area contributed by atoms with Crippen molar-refractivity contribution < 1.29 is 9.47 Å². The van der Waals surface area contributed by atoms with E-state index in [1.54, 1.807) is 19.4 Å². The van der Waals surface area contributed by atoms with Gasteiger partial charge in [0.15, 0.2) is 0 Å². The summed E-state index contributed by atoms with van der Waals surface area (Å²) in [4.78, 5) is 4.45. The van der Waals surface area contributed by atoms with E-state index >= 15 is 0 Å². The van der Waals surface area contributed by atoms with Gasteiger partial charge in [-0.2, -0.15) is 0 Å². The summed E-state index contributed by atoms with van der Waals surface area (Å²) in [6.07, 6.45) is 1.66. The van der Waals surface area contributed by atoms with Crippen LogP contribution in [0, 0.1) is 6.92 Å². The van der Waals surface area contributed by atoms with E-state index in [1.165, 1.54) is 0 Å². The standard InChI is InChI=1S/C14H14N2O2S/c1-9-6-7-16-14(12(9)13(15)19)18-11-5-3-4-10(8-11)17-2/h3-8H,1-2H3,(H2,15,19). The highest BCUT2D eigenvalue weighted by Gasteiger charge is 2.12. The van der Waals surface area contributed by atoms with Gasteiger partial charge in [0.25, 0.3) is 0 Å². The van der Waals surface area contributed by atoms with Crippen molar-refractivity contribution in [2.75, 3.05) is 7.11 Å². The number of benzene rings is 1. The molecule has 98 valence electrons. The van der Waals surface area contributed by atoms with Gasteiger partial charge in [0.2, 0.25) is 5.88 Å². The summed E-state index contributed by atoms with van der Waals surface area (Å²) in [6, 6.07) is 9.10. The molecule has 1 heterocycles. The Morgan fingerprint density at radius 2 is 2.00 bits per heavy atom. The highest BCUT2D eigenvalue weighted by atomic mass is 32.1. The van der Waals surface area contributed by atoms with Crippen molar-refractivity contribution in [3.8, 4) is 17.4 Å². The van der Waals surface area contributed by atoms with E-state index in [0.29, 0.717) is 22.9 Å². The van der Waals surface area contributed by atoms with E-state index in [-0.39, 0.29) is 4.99 Å². The molecule has 2 N–H and O–H groups in total. The van der Waals surface area contributed by atoms with Gasteiger partial charge < -0.3 is 15.2 Å². The molecule has 0 fully saturated rings. The van der Waals surface area contributed by atoms with Gasteiger partial charge in [0.1, 0.15) is 16.5 Å². The molecule has 5 heteroatoms. The Balaban J connectivity index is 2.38. The van der Waals surface area contributed by atoms with Crippen LogP contribution in [-0.2, 0) is 0 Å². The minimum atomic E-state index is 0.267. The fourth-order valence-electron chi connectivity index (χ4n) is 1.69. The van der Waals surface area contributed by atoms with Crippen molar-refractivity contribution >= 4 is 17.2 Å². The van der Waals surface area contributed by atoms with Crippen LogP contribution in [0.5, 0.6) is 17.4 Å². The maximum atomic E-state index is 5.74. The quantitative estimate of drug-likeness (QED) is 0.869. The highest BCUT2D eigenvalue weighted by Crippen LogP contribution is 2.27. The van der Waals surface area contributed by atoms with Gasteiger partial charge in [-0.05, 0) is 30.7 Å². The van der Waals surface area contributed by atoms with Crippen molar-refractivity contribution in [3.63, 3.8) is 0 Å². The first-order valence-electron chi connectivity index (χ1n) is 5.69. The molecule has 0 aliphatic heterocycles. The molecule has 19 heavy (non-hydrogen) atoms. The maximum Gasteiger partial charge on any atom is 0.229 e. The number of rotatable bonds is 4. The fraction of sp³-hybridized carbons (Fsp3) is 0.143. The molecule has 1 aromatic carbocycles. The van der Waals surface area contributed by atoms with Gasteiger partial charge >= 0.3 is 0 Å². The molecule has 2 rings (SSSR count). The van der Waals surface area contributed by atoms with Gasteiger partial charge in [-0.15, -0.1) is 0 Å². The van der Waals surface area contributed by atoms with E-state index in [1.807, 2.05) is 31.2 Å². The van der Waals surface area contributed by atoms with Crippen molar-refractivity contribution in [2.45, 2.75) is 6.92 Å². The molecule has 0 atom stereocenters. The zero-order valence-corrected chi connectivity index (χ0v) is 11.5. The first kappa shape index (κ1) is 13.3. The Kier molecular flexibility index (Phi) is 3.97. The zero-order chi connectivity index (χ0) is 13.8. The second-order valence-corrected chi connectivity index (χ2v) is 4.39. The van der Waals surface area contributed by atoms with Gasteiger partial charge in [-0.25, -0.2) is 4.98 Å². The molecule has 4 nitrogen and oxygen atoms in total. The van der Waals surface area contributed by atoms with Crippen LogP contribution in [0.1, 0.15) is 11.1 Å². The third-order valence-electron chi connectivity index (χ3n) is 2.63. The summed E-state index contributed by atoms with van der Waals surface area (Å²) in [5, 5.41) is 0. The van der Waals surface area contributed by atoms with E-state index < -0.39 is 0 Å². The van der Waals surface area contributed by atoms with Gasteiger partial charge in [-0.1, -0.05) is 18.3 Å². The van der Waals surface area contributed by atoms with Crippen LogP contribution >= 0.6 is 12.2 Å². The largest absolute Gasteiger partial charge is 0.497 e. The summed E-state index contributed by atoms with van der Waals surface area (Å²) in [5.74, 6) is 1.73. The number of aryl methyl sites for hydroxylation is 1. The molecule has 0 saturated carbocycles. The smallest absolute Gasteiger partial charge is 0.229 e. The lowest BCUT2D eigenvalue weighted by Gasteiger charge is -2.11. The minimum absolute atomic E-state index is 0.267. The van der Waals surface area contributed by atoms with Crippen LogP contribution in [0.2, 0.25) is 0 Å². The first-order valence-corrected chi connectivity index (χ1v) is 6.10. The number of thiocarbonyl (C=S) groups is 1. The lowest BCUT2D eigenvalue weighted by atomic mass is 10.1. The van der Waals surface area contributed by atoms with Crippen LogP contribution in [0.25, 0.3) is 0 Å². The van der Waals surface area contributed by atoms with Crippen molar-refractivity contribution in [2.24, 2.45) is 5.73 Å². The molecule has 0 spiro atoms. The molecule has 0 aliphatic rings. The summed E-state index contributed by atoms with van der Waals surface area (Å²) < 4.78 is 10.9. The monoisotopic (exact) mass is 274 g/mol. The first-order chi connectivity index (χ1) is 9.11. The van der Waals surface area contributed by atoms with Gasteiger partial charge in [-0.3, -0.25) is 0 Å². The molecular formula is C14H14N2O2S. The van der Waals surface area contributed by atoms with Gasteiger partial charge in [0, 0.05) is 12.3 Å². The average Bonchev–Trinajstić information content (AvgIpc) is 2.38. The van der Waals surface area contributed by atoms with E-state index in [2.05, 4.69) is 4.98 Å². The lowest BCUT2D eigenvalue weighted by molar-refractivity contribution is 0.407. The second kappa shape index (κ2) is 5.67. The summed E-state index contributed by atoms with van der Waals surface area (Å²) in [5.41, 5.74) is 7.30. The van der Waals surface area contributed by atoms with Crippen molar-refractivity contribution in [3.05, 3.63) is 47.7 Å². The molecule has 0 radical (unpaired) electrons. The molecule has 1 aromatic heterocycles. The summed E-state index contributed by atoms with van der Waals surface area (Å²) in [7, 11) is 1.60. The van der Waals surface area contributed by atoms with Crippen LogP contribution in [0.3, 0.4) is 0 Å². The number of pyridine rings is 1. The van der Waals surface area contributed by atoms with Crippen LogP contribution in [0.15, 0.2) is 36.5 Å². The van der Waals surface area contributed by atoms with Gasteiger partial charge in [0.05, 0.1) is 12.7 Å². The van der Waals surface area contributed by atoms with Crippen LogP contribution in [-0.4, -0.2) is 17.1 Å². The molecule has 0 unspecified atom stereocenters. The number of hydrogen-bond donors (Lipinski definition) is 1. The Bertz CT molecular complexity index is 614. The van der Waals surface area contributed by atoms with Crippen LogP contribution < -0.4 is 15.2 Å². The van der Waals surface area contributed by atoms with E-state index in [4.69, 9.17) is 27.4 Å². The Hall–Kier alpha value is -2.14. The lowest BCUT2D eigenvalue weighted by Crippen LogP contribution is -2.13. The summed E-state index contributed by atoms with van der Waals surface area (Å²) in [6.45, 7) is 1.91. The van der Waals surface area contributed by atoms with Crippen LogP contribution in [0.4, 0.5) is 0 Å². The highest BCUT2D eigenvalue weighted by molar-refractivity contribution is 7.80. The Morgan fingerprint density at radius 1 is 1.26 bits per heavy atom. The predicted octanol–water partition coefficient (Wildman–Crippen LogP) is 2.83. The number of nitrogens with two attached hydrogens (primary N) is 1. The predicted molar refractivity (Wildman–Crippen MR) is 77.9 cm³/mol. The van der Waals surface area contributed by atoms with Crippen molar-refractivity contribution in [1.82, 2.24) is 4.98 Å².